The van der Waals surface area contributed by atoms with E-state index in [2.05, 4.69) is 4.81 Å². The summed E-state index contributed by atoms with van der Waals surface area (Å²) in [5.74, 6) is -0.864. The lowest BCUT2D eigenvalue weighted by Crippen LogP contribution is -2.20. The lowest BCUT2D eigenvalue weighted by Gasteiger charge is -2.18. The fourth-order valence-corrected chi connectivity index (χ4v) is 2.33. The first kappa shape index (κ1) is 15.8. The number of hydrogen-bond donors (Lipinski definition) is 2. The molecule has 0 aliphatic heterocycles. The van der Waals surface area contributed by atoms with Gasteiger partial charge in [0.1, 0.15) is 0 Å². The fraction of sp³-hybridized carbons (Fsp3) is 0.125. The maximum atomic E-state index is 11.2. The Kier molecular flexibility index (Phi) is 4.96. The minimum absolute atomic E-state index is 0.432. The molecule has 4 N–H and O–H groups in total. The van der Waals surface area contributed by atoms with Crippen LogP contribution in [0.25, 0.3) is 0 Å². The molecule has 0 fully saturated rings. The third kappa shape index (κ3) is 4.20. The van der Waals surface area contributed by atoms with Crippen molar-refractivity contribution in [3.05, 3.63) is 70.8 Å². The largest absolute Gasteiger partial charge is 0.366 e. The Balaban J connectivity index is 2.05. The highest BCUT2D eigenvalue weighted by Gasteiger charge is 2.06. The van der Waals surface area contributed by atoms with Gasteiger partial charge in [-0.25, -0.2) is 0 Å². The quantitative estimate of drug-likeness (QED) is 0.758. The summed E-state index contributed by atoms with van der Waals surface area (Å²) in [7, 11) is 1.97. The zero-order chi connectivity index (χ0) is 16.1. The van der Waals surface area contributed by atoms with Crippen molar-refractivity contribution in [3.63, 3.8) is 0 Å². The van der Waals surface area contributed by atoms with Gasteiger partial charge in [-0.1, -0.05) is 24.3 Å². The molecule has 112 valence electrons. The van der Waals surface area contributed by atoms with Gasteiger partial charge >= 0.3 is 0 Å². The van der Waals surface area contributed by atoms with Gasteiger partial charge in [-0.05, 0) is 35.4 Å². The highest BCUT2D eigenvalue weighted by Crippen LogP contribution is 2.11. The Morgan fingerprint density at radius 3 is 1.64 bits per heavy atom. The molecule has 0 aliphatic carbocycles. The normalized spacial score (nSPS) is 10.6. The molecular weight excluding hydrogens is 277 g/mol. The summed E-state index contributed by atoms with van der Waals surface area (Å²) < 4.78 is 0. The fourth-order valence-electron chi connectivity index (χ4n) is 2.33. The maximum absolute atomic E-state index is 11.2. The third-order valence-corrected chi connectivity index (χ3v) is 3.33. The number of benzene rings is 2. The maximum Gasteiger partial charge on any atom is 0.248 e. The van der Waals surface area contributed by atoms with Crippen molar-refractivity contribution in [1.82, 2.24) is 4.81 Å². The molecule has 0 saturated heterocycles. The average molecular weight is 295 g/mol. The average Bonchev–Trinajstić information content (AvgIpc) is 2.47. The van der Waals surface area contributed by atoms with Gasteiger partial charge in [0.2, 0.25) is 11.8 Å². The van der Waals surface area contributed by atoms with E-state index >= 15 is 0 Å². The van der Waals surface area contributed by atoms with Gasteiger partial charge in [-0.3, -0.25) is 9.59 Å². The van der Waals surface area contributed by atoms with Gasteiger partial charge in [-0.2, -0.15) is 0 Å². The summed E-state index contributed by atoms with van der Waals surface area (Å²) in [6, 6.07) is 14.5. The van der Waals surface area contributed by atoms with Gasteiger partial charge in [0.25, 0.3) is 0 Å². The van der Waals surface area contributed by atoms with Crippen LogP contribution in [0.5, 0.6) is 0 Å². The van der Waals surface area contributed by atoms with Crippen LogP contribution in [0.1, 0.15) is 31.8 Å². The lowest BCUT2D eigenvalue weighted by atomic mass is 10.1. The number of hydrogen-bond acceptors (Lipinski definition) is 3. The highest BCUT2D eigenvalue weighted by molar-refractivity contribution is 6.04. The van der Waals surface area contributed by atoms with E-state index in [0.29, 0.717) is 24.2 Å². The van der Waals surface area contributed by atoms with Crippen LogP contribution in [0.2, 0.25) is 0 Å². The van der Waals surface area contributed by atoms with Gasteiger partial charge in [0.15, 0.2) is 7.98 Å². The lowest BCUT2D eigenvalue weighted by molar-refractivity contribution is 0.0992. The molecule has 2 rings (SSSR count). The number of carbonyl (C=O) groups excluding carboxylic acids is 2. The second kappa shape index (κ2) is 6.91. The molecule has 5 nitrogen and oxygen atoms in total. The molecule has 0 bridgehead atoms. The van der Waals surface area contributed by atoms with Gasteiger partial charge in [0, 0.05) is 24.2 Å². The Hall–Kier alpha value is -2.60. The summed E-state index contributed by atoms with van der Waals surface area (Å²) in [6.45, 7) is 1.34. The van der Waals surface area contributed by atoms with Crippen LogP contribution in [0, 0.1) is 0 Å². The Labute approximate surface area is 130 Å². The van der Waals surface area contributed by atoms with E-state index in [1.165, 1.54) is 0 Å². The van der Waals surface area contributed by atoms with Crippen molar-refractivity contribution >= 4 is 19.8 Å². The first-order valence-corrected chi connectivity index (χ1v) is 6.92. The Morgan fingerprint density at radius 2 is 1.27 bits per heavy atom. The van der Waals surface area contributed by atoms with Gasteiger partial charge < -0.3 is 16.3 Å². The molecule has 0 saturated carbocycles. The van der Waals surface area contributed by atoms with E-state index in [1.54, 1.807) is 24.3 Å². The molecule has 0 atom stereocenters. The first-order valence-electron chi connectivity index (χ1n) is 6.92. The molecule has 0 spiro atoms. The summed E-state index contributed by atoms with van der Waals surface area (Å²) in [6.07, 6.45) is 0. The second-order valence-electron chi connectivity index (χ2n) is 5.30. The van der Waals surface area contributed by atoms with E-state index in [9.17, 15) is 9.59 Å². The zero-order valence-electron chi connectivity index (χ0n) is 12.5. The van der Waals surface area contributed by atoms with E-state index in [4.69, 9.17) is 11.5 Å². The van der Waals surface area contributed by atoms with Crippen LogP contribution in [-0.2, 0) is 13.1 Å². The van der Waals surface area contributed by atoms with Crippen LogP contribution in [0.15, 0.2) is 48.5 Å². The summed E-state index contributed by atoms with van der Waals surface area (Å²) in [4.78, 5) is 24.5. The van der Waals surface area contributed by atoms with Crippen molar-refractivity contribution in [2.24, 2.45) is 11.5 Å². The monoisotopic (exact) mass is 295 g/mol. The molecule has 2 aromatic rings. The first-order chi connectivity index (χ1) is 10.5. The van der Waals surface area contributed by atoms with Crippen molar-refractivity contribution in [2.75, 3.05) is 0 Å². The number of nitrogens with zero attached hydrogens (tertiary/aromatic N) is 1. The van der Waals surface area contributed by atoms with Crippen LogP contribution in [0.3, 0.4) is 0 Å². The van der Waals surface area contributed by atoms with Gasteiger partial charge in [-0.15, -0.1) is 0 Å². The minimum Gasteiger partial charge on any atom is -0.366 e. The molecule has 2 aromatic carbocycles. The number of amides is 2. The standard InChI is InChI=1S/C16H18BN3O2/c17-20(9-11-3-1-5-13(7-11)15(18)21)10-12-4-2-6-14(8-12)16(19)22/h1-8H,9-10,17H2,(H2,18,21)(H2,19,22). The number of primary amides is 2. The SMILES string of the molecule is BN(Cc1cccc(C(N)=O)c1)Cc1cccc(C(N)=O)c1. The minimum atomic E-state index is -0.432. The molecule has 0 unspecified atom stereocenters. The van der Waals surface area contributed by atoms with E-state index in [0.717, 1.165) is 11.1 Å². The molecule has 6 heteroatoms. The number of nitrogens with two attached hydrogens (primary N) is 2. The third-order valence-electron chi connectivity index (χ3n) is 3.33. The van der Waals surface area contributed by atoms with Crippen molar-refractivity contribution in [3.8, 4) is 0 Å². The summed E-state index contributed by atoms with van der Waals surface area (Å²) in [5.41, 5.74) is 13.6. The predicted molar refractivity (Wildman–Crippen MR) is 87.7 cm³/mol. The molecule has 22 heavy (non-hydrogen) atoms. The molecule has 0 radical (unpaired) electrons. The smallest absolute Gasteiger partial charge is 0.248 e. The van der Waals surface area contributed by atoms with Crippen molar-refractivity contribution < 1.29 is 9.59 Å². The van der Waals surface area contributed by atoms with Gasteiger partial charge in [0.05, 0.1) is 0 Å². The zero-order valence-corrected chi connectivity index (χ0v) is 12.5. The van der Waals surface area contributed by atoms with Crippen LogP contribution in [0.4, 0.5) is 0 Å². The highest BCUT2D eigenvalue weighted by atomic mass is 16.1. The predicted octanol–water partition coefficient (Wildman–Crippen LogP) is 0.435. The number of carbonyl (C=O) groups is 2. The molecule has 0 aromatic heterocycles. The summed E-state index contributed by atoms with van der Waals surface area (Å²) >= 11 is 0. The molecule has 0 heterocycles. The molecule has 2 amide bonds. The summed E-state index contributed by atoms with van der Waals surface area (Å²) in [5, 5.41) is 0. The van der Waals surface area contributed by atoms with E-state index < -0.39 is 11.8 Å². The van der Waals surface area contributed by atoms with Crippen molar-refractivity contribution in [1.29, 1.82) is 0 Å². The second-order valence-corrected chi connectivity index (χ2v) is 5.30. The van der Waals surface area contributed by atoms with Crippen LogP contribution < -0.4 is 11.5 Å². The van der Waals surface area contributed by atoms with E-state index in [-0.39, 0.29) is 0 Å². The van der Waals surface area contributed by atoms with Crippen LogP contribution in [-0.4, -0.2) is 24.6 Å². The number of rotatable bonds is 6. The Bertz CT molecular complexity index is 644. The Morgan fingerprint density at radius 1 is 0.864 bits per heavy atom. The van der Waals surface area contributed by atoms with Crippen molar-refractivity contribution in [2.45, 2.75) is 13.1 Å². The molecule has 0 aliphatic rings. The van der Waals surface area contributed by atoms with E-state index in [1.807, 2.05) is 32.2 Å². The molecular formula is C16H18BN3O2. The van der Waals surface area contributed by atoms with Crippen LogP contribution >= 0.6 is 0 Å². The topological polar surface area (TPSA) is 89.4 Å².